The Morgan fingerprint density at radius 1 is 1.10 bits per heavy atom. The molecule has 168 valence electrons. The van der Waals surface area contributed by atoms with Crippen molar-refractivity contribution in [3.8, 4) is 0 Å². The molecular weight excluding hydrogens is 393 g/mol. The molecule has 4 heterocycles. The normalized spacial score (nSPS) is 25.4. The maximum Gasteiger partial charge on any atom is 0.496 e. The number of allylic oxidation sites excluding steroid dienone is 1. The average molecular weight is 427 g/mol. The second kappa shape index (κ2) is 8.04. The molecule has 31 heavy (non-hydrogen) atoms. The number of piperazine rings is 1. The summed E-state index contributed by atoms with van der Waals surface area (Å²) >= 11 is 0. The predicted octanol–water partition coefficient (Wildman–Crippen LogP) is 0.671. The molecule has 1 atom stereocenters. The Kier molecular flexibility index (Phi) is 5.70. The summed E-state index contributed by atoms with van der Waals surface area (Å²) in [7, 11) is 3.38. The van der Waals surface area contributed by atoms with Gasteiger partial charge in [0.15, 0.2) is 0 Å². The van der Waals surface area contributed by atoms with Crippen molar-refractivity contribution in [1.29, 1.82) is 0 Å². The van der Waals surface area contributed by atoms with Crippen molar-refractivity contribution in [1.82, 2.24) is 19.7 Å². The Morgan fingerprint density at radius 3 is 2.32 bits per heavy atom. The third-order valence-corrected chi connectivity index (χ3v) is 6.78. The molecule has 0 spiro atoms. The fraction of sp³-hybridized carbons (Fsp3) is 0.591. The number of aromatic nitrogens is 1. The zero-order valence-corrected chi connectivity index (χ0v) is 19.4. The Bertz CT molecular complexity index is 931. The van der Waals surface area contributed by atoms with E-state index in [-0.39, 0.29) is 11.7 Å². The van der Waals surface area contributed by atoms with Crippen LogP contribution in [0.3, 0.4) is 0 Å². The van der Waals surface area contributed by atoms with Crippen molar-refractivity contribution in [3.05, 3.63) is 46.7 Å². The summed E-state index contributed by atoms with van der Waals surface area (Å²) in [6.07, 6.45) is 7.80. The second-order valence-corrected chi connectivity index (χ2v) is 9.70. The monoisotopic (exact) mass is 427 g/mol. The highest BCUT2D eigenvalue weighted by molar-refractivity contribution is 6.62. The SMILES string of the molecule is CN1CCN(C2=CNC(Nc3cc(B4OC(C)(C)C(C)(C)O4)cn(C)c3=O)C=C2)CC1. The van der Waals surface area contributed by atoms with Crippen LogP contribution in [0.15, 0.2) is 41.1 Å². The van der Waals surface area contributed by atoms with E-state index >= 15 is 0 Å². The van der Waals surface area contributed by atoms with Crippen LogP contribution in [0.25, 0.3) is 0 Å². The Balaban J connectivity index is 1.46. The zero-order chi connectivity index (χ0) is 22.4. The zero-order valence-electron chi connectivity index (χ0n) is 19.4. The molecule has 1 aromatic rings. The van der Waals surface area contributed by atoms with Crippen molar-refractivity contribution in [3.63, 3.8) is 0 Å². The first-order chi connectivity index (χ1) is 14.6. The molecule has 3 aliphatic heterocycles. The van der Waals surface area contributed by atoms with E-state index < -0.39 is 18.3 Å². The molecule has 0 amide bonds. The van der Waals surface area contributed by atoms with E-state index in [9.17, 15) is 4.79 Å². The standard InChI is InChI=1S/C22H34BN5O3/c1-21(2)22(3,4)31-23(30-21)16-13-18(20(29)27(6)15-16)25-19-8-7-17(14-24-19)28-11-9-26(5)10-12-28/h7-8,13-15,19,24-25H,9-12H2,1-6H3. The number of hydrogen-bond acceptors (Lipinski definition) is 7. The van der Waals surface area contributed by atoms with E-state index in [0.717, 1.165) is 31.6 Å². The Labute approximate surface area is 185 Å². The van der Waals surface area contributed by atoms with Crippen LogP contribution >= 0.6 is 0 Å². The van der Waals surface area contributed by atoms with E-state index in [4.69, 9.17) is 9.31 Å². The molecule has 0 aromatic carbocycles. The molecule has 2 N–H and O–H groups in total. The topological polar surface area (TPSA) is 71.0 Å². The van der Waals surface area contributed by atoms with Gasteiger partial charge in [-0.15, -0.1) is 0 Å². The quantitative estimate of drug-likeness (QED) is 0.685. The number of hydrogen-bond donors (Lipinski definition) is 2. The van der Waals surface area contributed by atoms with Crippen molar-refractivity contribution in [2.24, 2.45) is 7.05 Å². The summed E-state index contributed by atoms with van der Waals surface area (Å²) in [6, 6.07) is 1.83. The van der Waals surface area contributed by atoms with Crippen molar-refractivity contribution >= 4 is 18.3 Å². The molecule has 4 rings (SSSR count). The van der Waals surface area contributed by atoms with E-state index in [1.807, 2.05) is 40.0 Å². The molecule has 1 aromatic heterocycles. The van der Waals surface area contributed by atoms with Crippen LogP contribution < -0.4 is 21.7 Å². The Hall–Kier alpha value is -2.23. The lowest BCUT2D eigenvalue weighted by atomic mass is 9.80. The molecular formula is C22H34BN5O3. The summed E-state index contributed by atoms with van der Waals surface area (Å²) in [6.45, 7) is 12.3. The summed E-state index contributed by atoms with van der Waals surface area (Å²) in [4.78, 5) is 17.5. The van der Waals surface area contributed by atoms with Crippen LogP contribution in [0.4, 0.5) is 5.69 Å². The lowest BCUT2D eigenvalue weighted by Crippen LogP contribution is -2.45. The van der Waals surface area contributed by atoms with Gasteiger partial charge in [-0.3, -0.25) is 4.79 Å². The van der Waals surface area contributed by atoms with Gasteiger partial charge in [0.05, 0.1) is 16.9 Å². The van der Waals surface area contributed by atoms with E-state index in [1.165, 1.54) is 5.70 Å². The average Bonchev–Trinajstić information content (AvgIpc) is 2.94. The first-order valence-corrected chi connectivity index (χ1v) is 11.0. The van der Waals surface area contributed by atoms with Gasteiger partial charge in [-0.25, -0.2) is 0 Å². The Morgan fingerprint density at radius 2 is 1.74 bits per heavy atom. The minimum atomic E-state index is -0.518. The molecule has 1 unspecified atom stereocenters. The van der Waals surface area contributed by atoms with Crippen LogP contribution in [0.1, 0.15) is 27.7 Å². The summed E-state index contributed by atoms with van der Waals surface area (Å²) in [5, 5.41) is 6.67. The van der Waals surface area contributed by atoms with Gasteiger partial charge >= 0.3 is 7.12 Å². The van der Waals surface area contributed by atoms with Gasteiger partial charge in [0.25, 0.3) is 5.56 Å². The molecule has 0 radical (unpaired) electrons. The number of aryl methyl sites for hydroxylation is 1. The van der Waals surface area contributed by atoms with Gasteiger partial charge in [0, 0.05) is 51.1 Å². The fourth-order valence-corrected chi connectivity index (χ4v) is 3.94. The summed E-state index contributed by atoms with van der Waals surface area (Å²) in [5.41, 5.74) is 1.54. The van der Waals surface area contributed by atoms with Crippen LogP contribution in [-0.2, 0) is 16.4 Å². The molecule has 0 saturated carbocycles. The van der Waals surface area contributed by atoms with Crippen LogP contribution in [-0.4, -0.2) is 72.1 Å². The fourth-order valence-electron chi connectivity index (χ4n) is 3.94. The third-order valence-electron chi connectivity index (χ3n) is 6.78. The van der Waals surface area contributed by atoms with Gasteiger partial charge in [-0.1, -0.05) is 0 Å². The van der Waals surface area contributed by atoms with Gasteiger partial charge in [-0.2, -0.15) is 0 Å². The molecule has 2 saturated heterocycles. The molecule has 9 heteroatoms. The van der Waals surface area contributed by atoms with E-state index in [0.29, 0.717) is 5.69 Å². The van der Waals surface area contributed by atoms with Gasteiger partial charge in [0.2, 0.25) is 0 Å². The number of anilines is 1. The molecule has 0 bridgehead atoms. The van der Waals surface area contributed by atoms with Crippen LogP contribution in [0.5, 0.6) is 0 Å². The molecule has 3 aliphatic rings. The maximum atomic E-state index is 12.7. The number of nitrogens with one attached hydrogen (secondary N) is 2. The van der Waals surface area contributed by atoms with Gasteiger partial charge < -0.3 is 34.3 Å². The van der Waals surface area contributed by atoms with E-state index in [1.54, 1.807) is 17.8 Å². The summed E-state index contributed by atoms with van der Waals surface area (Å²) in [5.74, 6) is 0. The van der Waals surface area contributed by atoms with Crippen molar-refractivity contribution in [2.75, 3.05) is 38.5 Å². The minimum absolute atomic E-state index is 0.0932. The molecule has 8 nitrogen and oxygen atoms in total. The van der Waals surface area contributed by atoms with Gasteiger partial charge in [-0.05, 0) is 53.0 Å². The van der Waals surface area contributed by atoms with Gasteiger partial charge in [0.1, 0.15) is 11.9 Å². The molecule has 0 aliphatic carbocycles. The van der Waals surface area contributed by atoms with Crippen LogP contribution in [0, 0.1) is 0 Å². The predicted molar refractivity (Wildman–Crippen MR) is 124 cm³/mol. The lowest BCUT2D eigenvalue weighted by Gasteiger charge is -2.36. The minimum Gasteiger partial charge on any atom is -0.399 e. The number of likely N-dealkylation sites (N-methyl/N-ethyl adjacent to an activating group) is 1. The highest BCUT2D eigenvalue weighted by Gasteiger charge is 2.52. The smallest absolute Gasteiger partial charge is 0.399 e. The van der Waals surface area contributed by atoms with Crippen molar-refractivity contribution < 1.29 is 9.31 Å². The highest BCUT2D eigenvalue weighted by Crippen LogP contribution is 2.36. The maximum absolute atomic E-state index is 12.7. The van der Waals surface area contributed by atoms with Crippen LogP contribution in [0.2, 0.25) is 0 Å². The molecule has 2 fully saturated rings. The first kappa shape index (κ1) is 22.0. The number of nitrogens with zero attached hydrogens (tertiary/aromatic N) is 3. The lowest BCUT2D eigenvalue weighted by molar-refractivity contribution is 0.00578. The van der Waals surface area contributed by atoms with Crippen molar-refractivity contribution in [2.45, 2.75) is 45.1 Å². The van der Waals surface area contributed by atoms with E-state index in [2.05, 4.69) is 39.6 Å². The number of rotatable bonds is 4. The highest BCUT2D eigenvalue weighted by atomic mass is 16.7. The largest absolute Gasteiger partial charge is 0.496 e. The first-order valence-electron chi connectivity index (χ1n) is 11.0. The number of pyridine rings is 1. The second-order valence-electron chi connectivity index (χ2n) is 9.70. The third kappa shape index (κ3) is 4.40. The summed E-state index contributed by atoms with van der Waals surface area (Å²) < 4.78 is 13.9. The number of dihydropyridines is 1.